The van der Waals surface area contributed by atoms with Crippen molar-refractivity contribution in [1.29, 1.82) is 0 Å². The van der Waals surface area contributed by atoms with E-state index in [0.717, 1.165) is 0 Å². The van der Waals surface area contributed by atoms with E-state index in [9.17, 15) is 14.7 Å². The predicted molar refractivity (Wildman–Crippen MR) is 70.9 cm³/mol. The van der Waals surface area contributed by atoms with Crippen molar-refractivity contribution in [2.45, 2.75) is 12.5 Å². The third-order valence-corrected chi connectivity index (χ3v) is 2.95. The van der Waals surface area contributed by atoms with E-state index in [1.165, 1.54) is 18.2 Å². The Hall–Kier alpha value is -2.12. The van der Waals surface area contributed by atoms with E-state index in [-0.39, 0.29) is 35.4 Å². The van der Waals surface area contributed by atoms with Crippen LogP contribution in [0.5, 0.6) is 5.75 Å². The zero-order valence-electron chi connectivity index (χ0n) is 10.8. The molecule has 2 rings (SSSR count). The summed E-state index contributed by atoms with van der Waals surface area (Å²) in [4.78, 5) is 22.7. The van der Waals surface area contributed by atoms with Gasteiger partial charge in [0.2, 0.25) is 5.91 Å². The molecular formula is C13H16N2O5. The van der Waals surface area contributed by atoms with Gasteiger partial charge in [0.25, 0.3) is 0 Å². The summed E-state index contributed by atoms with van der Waals surface area (Å²) in [6.07, 6.45) is 0.191. The van der Waals surface area contributed by atoms with Crippen LogP contribution in [0.25, 0.3) is 0 Å². The number of carboxylic acid groups (broad SMARTS) is 1. The number of morpholine rings is 1. The summed E-state index contributed by atoms with van der Waals surface area (Å²) in [7, 11) is 0. The monoisotopic (exact) mass is 280 g/mol. The number of carbonyl (C=O) groups is 2. The molecule has 1 aromatic rings. The number of rotatable bonds is 4. The Morgan fingerprint density at radius 1 is 1.45 bits per heavy atom. The maximum Gasteiger partial charge on any atom is 0.335 e. The molecule has 1 aliphatic rings. The van der Waals surface area contributed by atoms with Gasteiger partial charge in [0.05, 0.1) is 24.5 Å². The van der Waals surface area contributed by atoms with Gasteiger partial charge in [0.1, 0.15) is 5.75 Å². The number of carbonyl (C=O) groups excluding carboxylic acids is 1. The summed E-state index contributed by atoms with van der Waals surface area (Å²) >= 11 is 0. The van der Waals surface area contributed by atoms with Crippen LogP contribution in [0.1, 0.15) is 16.8 Å². The average Bonchev–Trinajstić information content (AvgIpc) is 2.42. The molecular weight excluding hydrogens is 264 g/mol. The van der Waals surface area contributed by atoms with E-state index in [4.69, 9.17) is 9.84 Å². The topological polar surface area (TPSA) is 108 Å². The zero-order chi connectivity index (χ0) is 14.5. The van der Waals surface area contributed by atoms with Gasteiger partial charge in [-0.2, -0.15) is 0 Å². The molecule has 0 radical (unpaired) electrons. The molecule has 7 heteroatoms. The minimum Gasteiger partial charge on any atom is -0.506 e. The number of amides is 1. The average molecular weight is 280 g/mol. The molecule has 108 valence electrons. The quantitative estimate of drug-likeness (QED) is 0.595. The highest BCUT2D eigenvalue weighted by Crippen LogP contribution is 2.24. The van der Waals surface area contributed by atoms with E-state index in [2.05, 4.69) is 10.6 Å². The van der Waals surface area contributed by atoms with Crippen LogP contribution in [0.4, 0.5) is 5.69 Å². The van der Waals surface area contributed by atoms with Crippen molar-refractivity contribution >= 4 is 17.6 Å². The van der Waals surface area contributed by atoms with Crippen LogP contribution in [0.2, 0.25) is 0 Å². The second-order valence-electron chi connectivity index (χ2n) is 4.52. The van der Waals surface area contributed by atoms with Gasteiger partial charge in [0, 0.05) is 19.0 Å². The molecule has 1 atom stereocenters. The molecule has 4 N–H and O–H groups in total. The number of hydrogen-bond acceptors (Lipinski definition) is 5. The van der Waals surface area contributed by atoms with Crippen LogP contribution in [0.3, 0.4) is 0 Å². The normalized spacial score (nSPS) is 18.5. The minimum absolute atomic E-state index is 0.00257. The van der Waals surface area contributed by atoms with Gasteiger partial charge in [-0.25, -0.2) is 4.79 Å². The maximum atomic E-state index is 11.8. The second kappa shape index (κ2) is 6.36. The van der Waals surface area contributed by atoms with Crippen LogP contribution in [-0.2, 0) is 9.53 Å². The van der Waals surface area contributed by atoms with Crippen LogP contribution in [0, 0.1) is 0 Å². The van der Waals surface area contributed by atoms with E-state index < -0.39 is 5.97 Å². The molecule has 0 bridgehead atoms. The van der Waals surface area contributed by atoms with Gasteiger partial charge in [-0.1, -0.05) is 0 Å². The molecule has 7 nitrogen and oxygen atoms in total. The van der Waals surface area contributed by atoms with E-state index in [1.54, 1.807) is 0 Å². The van der Waals surface area contributed by atoms with E-state index in [0.29, 0.717) is 19.8 Å². The summed E-state index contributed by atoms with van der Waals surface area (Å²) < 4.78 is 5.24. The van der Waals surface area contributed by atoms with Crippen molar-refractivity contribution in [2.24, 2.45) is 0 Å². The standard InChI is InChI=1S/C13H16N2O5/c16-11-2-1-8(13(18)19)5-10(11)15-12(17)6-9-7-20-4-3-14-9/h1-2,5,9,14,16H,3-4,6-7H2,(H,15,17)(H,18,19). The van der Waals surface area contributed by atoms with E-state index in [1.807, 2.05) is 0 Å². The molecule has 20 heavy (non-hydrogen) atoms. The first-order valence-corrected chi connectivity index (χ1v) is 6.23. The minimum atomic E-state index is -1.12. The molecule has 0 aromatic heterocycles. The molecule has 1 unspecified atom stereocenters. The Bertz CT molecular complexity index is 511. The molecule has 1 aliphatic heterocycles. The predicted octanol–water partition coefficient (Wildman–Crippen LogP) is 0.407. The Labute approximate surface area is 115 Å². The zero-order valence-corrected chi connectivity index (χ0v) is 10.8. The number of ether oxygens (including phenoxy) is 1. The Morgan fingerprint density at radius 3 is 2.90 bits per heavy atom. The summed E-state index contributed by atoms with van der Waals surface area (Å²) in [5.74, 6) is -1.61. The number of anilines is 1. The van der Waals surface area contributed by atoms with Crippen molar-refractivity contribution in [3.05, 3.63) is 23.8 Å². The Kier molecular flexibility index (Phi) is 4.54. The first kappa shape index (κ1) is 14.3. The van der Waals surface area contributed by atoms with Crippen LogP contribution < -0.4 is 10.6 Å². The van der Waals surface area contributed by atoms with Gasteiger partial charge in [-0.15, -0.1) is 0 Å². The number of benzene rings is 1. The summed E-state index contributed by atoms with van der Waals surface area (Å²) in [6.45, 7) is 1.77. The lowest BCUT2D eigenvalue weighted by molar-refractivity contribution is -0.117. The molecule has 1 saturated heterocycles. The number of aromatic carboxylic acids is 1. The molecule has 0 aliphatic carbocycles. The number of phenolic OH excluding ortho intramolecular Hbond substituents is 1. The molecule has 1 aromatic carbocycles. The number of phenols is 1. The first-order valence-electron chi connectivity index (χ1n) is 6.23. The fourth-order valence-electron chi connectivity index (χ4n) is 1.95. The highest BCUT2D eigenvalue weighted by Gasteiger charge is 2.18. The van der Waals surface area contributed by atoms with Gasteiger partial charge >= 0.3 is 5.97 Å². The van der Waals surface area contributed by atoms with Crippen molar-refractivity contribution in [1.82, 2.24) is 5.32 Å². The van der Waals surface area contributed by atoms with Crippen molar-refractivity contribution in [3.8, 4) is 5.75 Å². The molecule has 0 spiro atoms. The third kappa shape index (κ3) is 3.69. The smallest absolute Gasteiger partial charge is 0.335 e. The van der Waals surface area contributed by atoms with Crippen LogP contribution >= 0.6 is 0 Å². The Morgan fingerprint density at radius 2 is 2.25 bits per heavy atom. The lowest BCUT2D eigenvalue weighted by Crippen LogP contribution is -2.43. The van der Waals surface area contributed by atoms with Crippen molar-refractivity contribution in [3.63, 3.8) is 0 Å². The Balaban J connectivity index is 1.99. The molecule has 0 saturated carbocycles. The van der Waals surface area contributed by atoms with Crippen LogP contribution in [0.15, 0.2) is 18.2 Å². The van der Waals surface area contributed by atoms with E-state index >= 15 is 0 Å². The highest BCUT2D eigenvalue weighted by molar-refractivity contribution is 5.95. The van der Waals surface area contributed by atoms with Gasteiger partial charge < -0.3 is 25.6 Å². The number of nitrogens with one attached hydrogen (secondary N) is 2. The molecule has 1 amide bonds. The third-order valence-electron chi connectivity index (χ3n) is 2.95. The summed E-state index contributed by atoms with van der Waals surface area (Å²) in [6, 6.07) is 3.65. The molecule has 1 heterocycles. The number of hydrogen-bond donors (Lipinski definition) is 4. The van der Waals surface area contributed by atoms with Gasteiger partial charge in [-0.05, 0) is 18.2 Å². The number of aromatic hydroxyl groups is 1. The lowest BCUT2D eigenvalue weighted by Gasteiger charge is -2.23. The fourth-order valence-corrected chi connectivity index (χ4v) is 1.95. The highest BCUT2D eigenvalue weighted by atomic mass is 16.5. The largest absolute Gasteiger partial charge is 0.506 e. The summed E-state index contributed by atoms with van der Waals surface area (Å²) in [5, 5.41) is 24.1. The molecule has 1 fully saturated rings. The lowest BCUT2D eigenvalue weighted by atomic mass is 10.1. The SMILES string of the molecule is O=C(CC1COCCN1)Nc1cc(C(=O)O)ccc1O. The van der Waals surface area contributed by atoms with Crippen molar-refractivity contribution in [2.75, 3.05) is 25.1 Å². The summed E-state index contributed by atoms with van der Waals surface area (Å²) in [5.41, 5.74) is 0.0869. The van der Waals surface area contributed by atoms with Gasteiger partial charge in [-0.3, -0.25) is 4.79 Å². The van der Waals surface area contributed by atoms with Crippen molar-refractivity contribution < 1.29 is 24.5 Å². The number of carboxylic acids is 1. The second-order valence-corrected chi connectivity index (χ2v) is 4.52. The maximum absolute atomic E-state index is 11.8. The first-order chi connectivity index (χ1) is 9.56. The van der Waals surface area contributed by atoms with Crippen LogP contribution in [-0.4, -0.2) is 47.9 Å². The fraction of sp³-hybridized carbons (Fsp3) is 0.385. The van der Waals surface area contributed by atoms with Gasteiger partial charge in [0.15, 0.2) is 0 Å².